The predicted octanol–water partition coefficient (Wildman–Crippen LogP) is 1.58. The van der Waals surface area contributed by atoms with Crippen molar-refractivity contribution in [3.63, 3.8) is 0 Å². The minimum Gasteiger partial charge on any atom is -0.314 e. The van der Waals surface area contributed by atoms with Crippen LogP contribution in [-0.2, 0) is 10.0 Å². The second kappa shape index (κ2) is 5.88. The van der Waals surface area contributed by atoms with E-state index in [1.165, 1.54) is 0 Å². The lowest BCUT2D eigenvalue weighted by atomic mass is 9.91. The highest BCUT2D eigenvalue weighted by molar-refractivity contribution is 7.89. The minimum absolute atomic E-state index is 0.264. The van der Waals surface area contributed by atoms with Crippen LogP contribution in [0.2, 0.25) is 0 Å². The topological polar surface area (TPSA) is 49.4 Å². The van der Waals surface area contributed by atoms with E-state index < -0.39 is 10.0 Å². The van der Waals surface area contributed by atoms with Gasteiger partial charge in [-0.2, -0.15) is 4.31 Å². The maximum absolute atomic E-state index is 12.0. The van der Waals surface area contributed by atoms with E-state index >= 15 is 0 Å². The fraction of sp³-hybridized carbons (Fsp3) is 1.00. The lowest BCUT2D eigenvalue weighted by molar-refractivity contribution is 0.227. The van der Waals surface area contributed by atoms with Crippen LogP contribution >= 0.6 is 0 Å². The second-order valence-electron chi connectivity index (χ2n) is 5.91. The van der Waals surface area contributed by atoms with E-state index in [-0.39, 0.29) is 6.04 Å². The van der Waals surface area contributed by atoms with E-state index in [0.717, 1.165) is 45.2 Å². The van der Waals surface area contributed by atoms with Gasteiger partial charge in [-0.05, 0) is 44.6 Å². The van der Waals surface area contributed by atoms with E-state index in [1.54, 1.807) is 4.31 Å². The molecule has 18 heavy (non-hydrogen) atoms. The van der Waals surface area contributed by atoms with Crippen LogP contribution in [0.3, 0.4) is 0 Å². The van der Waals surface area contributed by atoms with E-state index in [0.29, 0.717) is 17.7 Å². The van der Waals surface area contributed by atoms with E-state index in [4.69, 9.17) is 0 Å². The third-order valence-electron chi connectivity index (χ3n) is 4.13. The van der Waals surface area contributed by atoms with Gasteiger partial charge >= 0.3 is 0 Å². The third kappa shape index (κ3) is 3.25. The van der Waals surface area contributed by atoms with Crippen molar-refractivity contribution >= 4 is 10.0 Å². The fourth-order valence-corrected chi connectivity index (χ4v) is 5.38. The van der Waals surface area contributed by atoms with Gasteiger partial charge in [-0.1, -0.05) is 13.8 Å². The molecule has 1 saturated heterocycles. The van der Waals surface area contributed by atoms with Crippen LogP contribution in [0.25, 0.3) is 0 Å². The average Bonchev–Trinajstić information content (AvgIpc) is 2.60. The minimum atomic E-state index is -2.96. The third-order valence-corrected chi connectivity index (χ3v) is 6.28. The van der Waals surface area contributed by atoms with Gasteiger partial charge in [0.25, 0.3) is 0 Å². The molecule has 0 amide bonds. The van der Waals surface area contributed by atoms with Gasteiger partial charge in [0.15, 0.2) is 0 Å². The van der Waals surface area contributed by atoms with Crippen LogP contribution < -0.4 is 5.32 Å². The zero-order valence-corrected chi connectivity index (χ0v) is 12.4. The molecule has 0 bridgehead atoms. The van der Waals surface area contributed by atoms with Crippen molar-refractivity contribution in [1.29, 1.82) is 0 Å². The molecule has 1 aliphatic carbocycles. The Morgan fingerprint density at radius 2 is 1.89 bits per heavy atom. The molecule has 2 fully saturated rings. The maximum atomic E-state index is 12.0. The fourth-order valence-electron chi connectivity index (χ4n) is 3.22. The number of hydrogen-bond donors (Lipinski definition) is 1. The summed E-state index contributed by atoms with van der Waals surface area (Å²) in [6, 6.07) is 0.864. The molecule has 4 nitrogen and oxygen atoms in total. The molecule has 106 valence electrons. The summed E-state index contributed by atoms with van der Waals surface area (Å²) in [6.45, 7) is 6.03. The smallest absolute Gasteiger partial charge is 0.214 e. The van der Waals surface area contributed by atoms with E-state index in [2.05, 4.69) is 12.2 Å². The normalized spacial score (nSPS) is 36.9. The maximum Gasteiger partial charge on any atom is 0.214 e. The van der Waals surface area contributed by atoms with E-state index in [1.807, 2.05) is 6.92 Å². The highest BCUT2D eigenvalue weighted by atomic mass is 32.2. The summed E-state index contributed by atoms with van der Waals surface area (Å²) in [5, 5.41) is 3.54. The molecule has 1 N–H and O–H groups in total. The molecule has 2 aliphatic rings. The monoisotopic (exact) mass is 274 g/mol. The Hall–Kier alpha value is -0.130. The summed E-state index contributed by atoms with van der Waals surface area (Å²) >= 11 is 0. The van der Waals surface area contributed by atoms with Crippen LogP contribution in [0.5, 0.6) is 0 Å². The Bertz CT molecular complexity index is 361. The summed E-state index contributed by atoms with van der Waals surface area (Å²) in [6.07, 6.45) is 5.44. The van der Waals surface area contributed by atoms with Gasteiger partial charge < -0.3 is 5.32 Å². The van der Waals surface area contributed by atoms with Crippen LogP contribution in [-0.4, -0.2) is 43.6 Å². The molecule has 0 spiro atoms. The lowest BCUT2D eigenvalue weighted by Crippen LogP contribution is -2.43. The molecule has 1 saturated carbocycles. The summed E-state index contributed by atoms with van der Waals surface area (Å²) in [5.74, 6) is 0.645. The molecule has 0 aromatic rings. The summed E-state index contributed by atoms with van der Waals surface area (Å²) in [4.78, 5) is 0. The van der Waals surface area contributed by atoms with Crippen LogP contribution in [0.4, 0.5) is 0 Å². The molecule has 1 unspecified atom stereocenters. The van der Waals surface area contributed by atoms with E-state index in [9.17, 15) is 8.42 Å². The van der Waals surface area contributed by atoms with Crippen molar-refractivity contribution in [2.45, 2.75) is 58.0 Å². The van der Waals surface area contributed by atoms with Gasteiger partial charge in [0.05, 0.1) is 5.75 Å². The van der Waals surface area contributed by atoms with Crippen molar-refractivity contribution in [2.75, 3.05) is 18.8 Å². The Morgan fingerprint density at radius 1 is 1.22 bits per heavy atom. The van der Waals surface area contributed by atoms with Gasteiger partial charge in [-0.15, -0.1) is 0 Å². The molecular formula is C13H26N2O2S. The molecule has 0 aromatic carbocycles. The number of rotatable bonds is 4. The number of hydrogen-bond acceptors (Lipinski definition) is 3. The largest absolute Gasteiger partial charge is 0.314 e. The Labute approximate surface area is 111 Å². The second-order valence-corrected chi connectivity index (χ2v) is 7.88. The van der Waals surface area contributed by atoms with Gasteiger partial charge in [0.1, 0.15) is 0 Å². The van der Waals surface area contributed by atoms with Gasteiger partial charge in [0.2, 0.25) is 10.0 Å². The van der Waals surface area contributed by atoms with Crippen molar-refractivity contribution in [3.05, 3.63) is 0 Å². The molecule has 5 heteroatoms. The quantitative estimate of drug-likeness (QED) is 0.847. The highest BCUT2D eigenvalue weighted by Crippen LogP contribution is 2.30. The van der Waals surface area contributed by atoms with Gasteiger partial charge in [0, 0.05) is 18.6 Å². The Morgan fingerprint density at radius 3 is 2.39 bits per heavy atom. The molecule has 1 atom stereocenters. The Kier molecular flexibility index (Phi) is 4.67. The molecule has 1 aliphatic heterocycles. The average molecular weight is 274 g/mol. The van der Waals surface area contributed by atoms with Crippen molar-refractivity contribution < 1.29 is 8.42 Å². The first-order chi connectivity index (χ1) is 8.53. The van der Waals surface area contributed by atoms with Gasteiger partial charge in [-0.3, -0.25) is 0 Å². The van der Waals surface area contributed by atoms with Crippen molar-refractivity contribution in [1.82, 2.24) is 9.62 Å². The number of nitrogens with one attached hydrogen (secondary N) is 1. The van der Waals surface area contributed by atoms with Crippen LogP contribution in [0.1, 0.15) is 46.0 Å². The highest BCUT2D eigenvalue weighted by Gasteiger charge is 2.39. The van der Waals surface area contributed by atoms with Crippen LogP contribution in [0.15, 0.2) is 0 Å². The first kappa shape index (κ1) is 14.3. The standard InChI is InChI=1S/C13H26N2O2S/c1-3-8-14-12-4-6-13(7-5-12)15-9-11(2)10-18(15,16)17/h11-14H,3-10H2,1-2H3. The van der Waals surface area contributed by atoms with Crippen molar-refractivity contribution in [2.24, 2.45) is 5.92 Å². The summed E-state index contributed by atoms with van der Waals surface area (Å²) in [7, 11) is -2.96. The van der Waals surface area contributed by atoms with Gasteiger partial charge in [-0.25, -0.2) is 8.42 Å². The zero-order chi connectivity index (χ0) is 13.2. The lowest BCUT2D eigenvalue weighted by Gasteiger charge is -2.34. The molecule has 2 rings (SSSR count). The molecule has 1 heterocycles. The van der Waals surface area contributed by atoms with Crippen molar-refractivity contribution in [3.8, 4) is 0 Å². The summed E-state index contributed by atoms with van der Waals surface area (Å²) in [5.41, 5.74) is 0. The zero-order valence-electron chi connectivity index (χ0n) is 11.6. The molecule has 0 radical (unpaired) electrons. The summed E-state index contributed by atoms with van der Waals surface area (Å²) < 4.78 is 25.9. The number of nitrogens with zero attached hydrogens (tertiary/aromatic N) is 1. The predicted molar refractivity (Wildman–Crippen MR) is 74.0 cm³/mol. The SMILES string of the molecule is CCCNC1CCC(N2CC(C)CS2(=O)=O)CC1. The number of sulfonamides is 1. The first-order valence-electron chi connectivity index (χ1n) is 7.26. The first-order valence-corrected chi connectivity index (χ1v) is 8.86. The molecular weight excluding hydrogens is 248 g/mol. The molecule has 0 aromatic heterocycles. The Balaban J connectivity index is 1.86. The van der Waals surface area contributed by atoms with Crippen LogP contribution in [0, 0.1) is 5.92 Å².